The van der Waals surface area contributed by atoms with Crippen molar-refractivity contribution in [3.05, 3.63) is 52.9 Å². The molecule has 0 aliphatic carbocycles. The maximum atomic E-state index is 12.5. The average molecular weight is 401 g/mol. The summed E-state index contributed by atoms with van der Waals surface area (Å²) in [4.78, 5) is 25.5. The highest BCUT2D eigenvalue weighted by molar-refractivity contribution is 6.30. The maximum absolute atomic E-state index is 12.5. The number of aryl methyl sites for hydroxylation is 1. The van der Waals surface area contributed by atoms with Gasteiger partial charge in [-0.2, -0.15) is 14.6 Å². The summed E-state index contributed by atoms with van der Waals surface area (Å²) < 4.78 is 6.82. The number of aromatic nitrogens is 4. The lowest BCUT2D eigenvalue weighted by atomic mass is 10.0. The zero-order chi connectivity index (χ0) is 19.7. The number of ether oxygens (including phenoxy) is 1. The second-order valence-electron chi connectivity index (χ2n) is 6.73. The first kappa shape index (κ1) is 18.6. The molecule has 0 bridgehead atoms. The van der Waals surface area contributed by atoms with Crippen LogP contribution in [-0.2, 0) is 9.53 Å². The lowest BCUT2D eigenvalue weighted by molar-refractivity contribution is -0.147. The molecule has 3 heterocycles. The van der Waals surface area contributed by atoms with Crippen molar-refractivity contribution in [1.82, 2.24) is 24.5 Å². The number of piperazine rings is 1. The summed E-state index contributed by atoms with van der Waals surface area (Å²) in [6.45, 7) is 4.86. The van der Waals surface area contributed by atoms with E-state index in [1.165, 1.54) is 13.4 Å². The largest absolute Gasteiger partial charge is 0.468 e. The summed E-state index contributed by atoms with van der Waals surface area (Å²) in [5.74, 6) is 1.28. The number of esters is 1. The van der Waals surface area contributed by atoms with E-state index in [-0.39, 0.29) is 5.97 Å². The zero-order valence-corrected chi connectivity index (χ0v) is 16.5. The normalized spacial score (nSPS) is 16.3. The average Bonchev–Trinajstić information content (AvgIpc) is 3.17. The SMILES string of the molecule is COC(=O)C(c1ccc(Cl)cc1)N1CCN(c2cc(C)nc3ncnn23)CC1. The number of carbonyl (C=O) groups excluding carboxylic acids is 1. The Morgan fingerprint density at radius 3 is 2.57 bits per heavy atom. The fourth-order valence-corrected chi connectivity index (χ4v) is 3.72. The van der Waals surface area contributed by atoms with E-state index < -0.39 is 6.04 Å². The van der Waals surface area contributed by atoms with Crippen LogP contribution in [0.3, 0.4) is 0 Å². The highest BCUT2D eigenvalue weighted by Gasteiger charge is 2.32. The molecule has 0 saturated carbocycles. The molecule has 0 N–H and O–H groups in total. The van der Waals surface area contributed by atoms with Gasteiger partial charge in [-0.05, 0) is 24.6 Å². The summed E-state index contributed by atoms with van der Waals surface area (Å²) in [5.41, 5.74) is 1.77. The Morgan fingerprint density at radius 2 is 1.89 bits per heavy atom. The van der Waals surface area contributed by atoms with E-state index in [4.69, 9.17) is 16.3 Å². The minimum Gasteiger partial charge on any atom is -0.468 e. The number of fused-ring (bicyclic) bond motifs is 1. The van der Waals surface area contributed by atoms with Gasteiger partial charge in [0.25, 0.3) is 5.78 Å². The molecule has 1 atom stereocenters. The van der Waals surface area contributed by atoms with Gasteiger partial charge in [-0.1, -0.05) is 23.7 Å². The van der Waals surface area contributed by atoms with E-state index in [1.807, 2.05) is 25.1 Å². The maximum Gasteiger partial charge on any atom is 0.327 e. The van der Waals surface area contributed by atoms with E-state index in [2.05, 4.69) is 24.9 Å². The monoisotopic (exact) mass is 400 g/mol. The van der Waals surface area contributed by atoms with Crippen molar-refractivity contribution in [2.24, 2.45) is 0 Å². The van der Waals surface area contributed by atoms with E-state index in [1.54, 1.807) is 16.6 Å². The lowest BCUT2D eigenvalue weighted by Crippen LogP contribution is -2.50. The van der Waals surface area contributed by atoms with Crippen molar-refractivity contribution >= 4 is 29.2 Å². The molecule has 146 valence electrons. The standard InChI is InChI=1S/C19H21ClN6O2/c1-13-11-16(26-19(23-13)21-12-22-26)24-7-9-25(10-8-24)17(18(27)28-2)14-3-5-15(20)6-4-14/h3-6,11-12,17H,7-10H2,1-2H3. The molecule has 1 aliphatic heterocycles. The van der Waals surface area contributed by atoms with E-state index in [0.29, 0.717) is 23.9 Å². The molecule has 0 amide bonds. The van der Waals surface area contributed by atoms with Gasteiger partial charge in [-0.25, -0.2) is 9.78 Å². The van der Waals surface area contributed by atoms with Crippen LogP contribution in [0.25, 0.3) is 5.78 Å². The second kappa shape index (κ2) is 7.73. The molecule has 1 saturated heterocycles. The Hall–Kier alpha value is -2.71. The van der Waals surface area contributed by atoms with Crippen molar-refractivity contribution in [1.29, 1.82) is 0 Å². The summed E-state index contributed by atoms with van der Waals surface area (Å²) in [5, 5.41) is 4.93. The number of nitrogens with zero attached hydrogens (tertiary/aromatic N) is 6. The molecule has 2 aromatic heterocycles. The second-order valence-corrected chi connectivity index (χ2v) is 7.16. The smallest absolute Gasteiger partial charge is 0.327 e. The highest BCUT2D eigenvalue weighted by Crippen LogP contribution is 2.26. The molecule has 9 heteroatoms. The Labute approximate surface area is 167 Å². The molecule has 3 aromatic rings. The van der Waals surface area contributed by atoms with Crippen molar-refractivity contribution in [3.8, 4) is 0 Å². The van der Waals surface area contributed by atoms with Gasteiger partial charge >= 0.3 is 5.97 Å². The molecule has 8 nitrogen and oxygen atoms in total. The van der Waals surface area contributed by atoms with Gasteiger partial charge in [0, 0.05) is 43.0 Å². The molecule has 1 unspecified atom stereocenters. The summed E-state index contributed by atoms with van der Waals surface area (Å²) in [6.07, 6.45) is 1.51. The summed E-state index contributed by atoms with van der Waals surface area (Å²) in [7, 11) is 1.42. The molecule has 1 aliphatic rings. The van der Waals surface area contributed by atoms with Crippen LogP contribution in [-0.4, -0.2) is 63.7 Å². The molecule has 1 fully saturated rings. The van der Waals surface area contributed by atoms with Crippen LogP contribution in [0.5, 0.6) is 0 Å². The van der Waals surface area contributed by atoms with Gasteiger partial charge in [-0.15, -0.1) is 0 Å². The molecule has 0 radical (unpaired) electrons. The van der Waals surface area contributed by atoms with Crippen molar-refractivity contribution < 1.29 is 9.53 Å². The third-order valence-electron chi connectivity index (χ3n) is 4.97. The van der Waals surface area contributed by atoms with E-state index in [0.717, 1.165) is 30.2 Å². The molecular weight excluding hydrogens is 380 g/mol. The minimum atomic E-state index is -0.449. The van der Waals surface area contributed by atoms with Gasteiger partial charge in [0.1, 0.15) is 18.2 Å². The number of hydrogen-bond donors (Lipinski definition) is 0. The highest BCUT2D eigenvalue weighted by atomic mass is 35.5. The molecule has 28 heavy (non-hydrogen) atoms. The number of methoxy groups -OCH3 is 1. The number of rotatable bonds is 4. The zero-order valence-electron chi connectivity index (χ0n) is 15.7. The third kappa shape index (κ3) is 3.53. The number of halogens is 1. The van der Waals surface area contributed by atoms with E-state index >= 15 is 0 Å². The molecule has 1 aromatic carbocycles. The minimum absolute atomic E-state index is 0.269. The van der Waals surface area contributed by atoms with E-state index in [9.17, 15) is 4.79 Å². The topological polar surface area (TPSA) is 75.9 Å². The first-order valence-electron chi connectivity index (χ1n) is 9.06. The number of anilines is 1. The Bertz CT molecular complexity index is 982. The van der Waals surface area contributed by atoms with Crippen LogP contribution < -0.4 is 4.90 Å². The molecule has 0 spiro atoms. The number of hydrogen-bond acceptors (Lipinski definition) is 7. The quantitative estimate of drug-likeness (QED) is 0.621. The first-order valence-corrected chi connectivity index (χ1v) is 9.44. The summed E-state index contributed by atoms with van der Waals surface area (Å²) in [6, 6.07) is 8.90. The van der Waals surface area contributed by atoms with Crippen molar-refractivity contribution in [2.45, 2.75) is 13.0 Å². The number of carbonyl (C=O) groups is 1. The lowest BCUT2D eigenvalue weighted by Gasteiger charge is -2.39. The predicted molar refractivity (Wildman–Crippen MR) is 106 cm³/mol. The van der Waals surface area contributed by atoms with Gasteiger partial charge < -0.3 is 9.64 Å². The Balaban J connectivity index is 1.55. The van der Waals surface area contributed by atoms with Crippen LogP contribution in [0.15, 0.2) is 36.7 Å². The predicted octanol–water partition coefficient (Wildman–Crippen LogP) is 2.12. The van der Waals surface area contributed by atoms with Crippen LogP contribution in [0.2, 0.25) is 5.02 Å². The van der Waals surface area contributed by atoms with Crippen LogP contribution >= 0.6 is 11.6 Å². The van der Waals surface area contributed by atoms with Gasteiger partial charge in [-0.3, -0.25) is 4.90 Å². The number of benzene rings is 1. The molecule has 4 rings (SSSR count). The van der Waals surface area contributed by atoms with Crippen molar-refractivity contribution in [2.75, 3.05) is 38.2 Å². The van der Waals surface area contributed by atoms with Gasteiger partial charge in [0.15, 0.2) is 0 Å². The van der Waals surface area contributed by atoms with Crippen LogP contribution in [0, 0.1) is 6.92 Å². The van der Waals surface area contributed by atoms with Crippen LogP contribution in [0.1, 0.15) is 17.3 Å². The summed E-state index contributed by atoms with van der Waals surface area (Å²) >= 11 is 6.00. The fourth-order valence-electron chi connectivity index (χ4n) is 3.60. The Morgan fingerprint density at radius 1 is 1.18 bits per heavy atom. The Kier molecular flexibility index (Phi) is 5.15. The fraction of sp³-hybridized carbons (Fsp3) is 0.368. The molecular formula is C19H21ClN6O2. The van der Waals surface area contributed by atoms with Gasteiger partial charge in [0.2, 0.25) is 0 Å². The van der Waals surface area contributed by atoms with Crippen LogP contribution in [0.4, 0.5) is 5.82 Å². The first-order chi connectivity index (χ1) is 13.6. The third-order valence-corrected chi connectivity index (χ3v) is 5.23. The van der Waals surface area contributed by atoms with Gasteiger partial charge in [0.05, 0.1) is 7.11 Å². The van der Waals surface area contributed by atoms with Crippen molar-refractivity contribution in [3.63, 3.8) is 0 Å².